The second kappa shape index (κ2) is 6.49. The molecule has 0 spiro atoms. The van der Waals surface area contributed by atoms with Crippen LogP contribution in [0.5, 0.6) is 0 Å². The average molecular weight is 344 g/mol. The number of allylic oxidation sites excluding steroid dienone is 4. The van der Waals surface area contributed by atoms with Crippen LogP contribution in [0, 0.1) is 11.8 Å². The van der Waals surface area contributed by atoms with Gasteiger partial charge in [0, 0.05) is 11.8 Å². The second-order valence-corrected chi connectivity index (χ2v) is 4.88. The zero-order valence-electron chi connectivity index (χ0n) is 10.8. The van der Waals surface area contributed by atoms with E-state index in [0.29, 0.717) is 0 Å². The average Bonchev–Trinajstić information content (AvgIpc) is 2.42. The first-order valence-corrected chi connectivity index (χ1v) is 6.10. The third-order valence-electron chi connectivity index (χ3n) is 3.31. The summed E-state index contributed by atoms with van der Waals surface area (Å²) in [6.45, 7) is 0. The Balaban J connectivity index is 3.00. The van der Waals surface area contributed by atoms with Crippen molar-refractivity contribution in [2.45, 2.75) is 38.0 Å². The molecule has 0 unspecified atom stereocenters. The number of hydrogen-bond donors (Lipinski definition) is 0. The molecule has 0 saturated heterocycles. The van der Waals surface area contributed by atoms with Gasteiger partial charge in [0.05, 0.1) is 0 Å². The van der Waals surface area contributed by atoms with Crippen LogP contribution in [0.15, 0.2) is 23.3 Å². The van der Waals surface area contributed by atoms with Gasteiger partial charge >= 0.3 is 12.4 Å². The molecular weight excluding hydrogens is 334 g/mol. The lowest BCUT2D eigenvalue weighted by molar-refractivity contribution is -0.112. The monoisotopic (exact) mass is 344 g/mol. The second-order valence-electron chi connectivity index (χ2n) is 4.88. The van der Waals surface area contributed by atoms with Gasteiger partial charge in [0.1, 0.15) is 11.7 Å². The smallest absolute Gasteiger partial charge is 0.208 e. The molecule has 1 rings (SSSR count). The van der Waals surface area contributed by atoms with Crippen molar-refractivity contribution >= 4 is 0 Å². The lowest BCUT2D eigenvalue weighted by Crippen LogP contribution is -2.22. The van der Waals surface area contributed by atoms with Crippen molar-refractivity contribution < 1.29 is 43.9 Å². The topological polar surface area (TPSA) is 0 Å². The van der Waals surface area contributed by atoms with E-state index in [-0.39, 0.29) is 19.3 Å². The van der Waals surface area contributed by atoms with Gasteiger partial charge in [-0.1, -0.05) is 6.42 Å². The normalized spacial score (nSPS) is 26.5. The fourth-order valence-corrected chi connectivity index (χ4v) is 2.28. The first-order valence-electron chi connectivity index (χ1n) is 6.10. The molecule has 2 atom stereocenters. The van der Waals surface area contributed by atoms with E-state index >= 15 is 0 Å². The molecule has 0 bridgehead atoms. The van der Waals surface area contributed by atoms with Crippen molar-refractivity contribution in [1.29, 1.82) is 0 Å². The molecule has 1 aliphatic carbocycles. The van der Waals surface area contributed by atoms with E-state index in [1.54, 1.807) is 0 Å². The van der Waals surface area contributed by atoms with Crippen LogP contribution in [0.25, 0.3) is 0 Å². The van der Waals surface area contributed by atoms with Crippen molar-refractivity contribution in [2.75, 3.05) is 0 Å². The predicted octanol–water partition coefficient (Wildman–Crippen LogP) is 6.22. The van der Waals surface area contributed by atoms with Gasteiger partial charge < -0.3 is 0 Å². The van der Waals surface area contributed by atoms with Crippen molar-refractivity contribution in [3.8, 4) is 0 Å². The molecule has 0 aromatic heterocycles. The third-order valence-corrected chi connectivity index (χ3v) is 3.31. The van der Waals surface area contributed by atoms with Crippen LogP contribution in [-0.2, 0) is 0 Å². The van der Waals surface area contributed by atoms with Gasteiger partial charge in [-0.25, -0.2) is 8.78 Å². The van der Waals surface area contributed by atoms with Crippen LogP contribution in [0.2, 0.25) is 0 Å². The Morgan fingerprint density at radius 2 is 0.955 bits per heavy atom. The Kier molecular flexibility index (Phi) is 5.56. The van der Waals surface area contributed by atoms with Crippen molar-refractivity contribution in [2.24, 2.45) is 11.8 Å². The minimum atomic E-state index is -5.58. The standard InChI is InChI=1S/C12H10F10/c13-7(9(15)11(17,18)19)5-2-1-3-6(4-5)8(14)10(16)12(20,21)22/h5-6H,1-4H2/b9-7-,10-8-/t5-,6+. The molecule has 128 valence electrons. The fraction of sp³-hybridized carbons (Fsp3) is 0.667. The van der Waals surface area contributed by atoms with Crippen LogP contribution < -0.4 is 0 Å². The predicted molar refractivity (Wildman–Crippen MR) is 56.0 cm³/mol. The third kappa shape index (κ3) is 4.39. The van der Waals surface area contributed by atoms with E-state index in [4.69, 9.17) is 0 Å². The SMILES string of the molecule is F/C(=C(\F)C(F)(F)F)[C@@H]1CCC[C@H](/C(F)=C(/F)C(F)(F)F)C1. The molecule has 1 aliphatic rings. The molecule has 0 aliphatic heterocycles. The van der Waals surface area contributed by atoms with Crippen molar-refractivity contribution in [1.82, 2.24) is 0 Å². The van der Waals surface area contributed by atoms with Crippen molar-refractivity contribution in [3.63, 3.8) is 0 Å². The lowest BCUT2D eigenvalue weighted by Gasteiger charge is -2.28. The number of halogens is 10. The molecular formula is C12H10F10. The van der Waals surface area contributed by atoms with Gasteiger partial charge in [0.15, 0.2) is 0 Å². The van der Waals surface area contributed by atoms with E-state index in [2.05, 4.69) is 0 Å². The zero-order valence-corrected chi connectivity index (χ0v) is 10.8. The maximum Gasteiger partial charge on any atom is 0.445 e. The Hall–Kier alpha value is -1.22. The summed E-state index contributed by atoms with van der Waals surface area (Å²) < 4.78 is 125. The van der Waals surface area contributed by atoms with Crippen LogP contribution in [0.4, 0.5) is 43.9 Å². The van der Waals surface area contributed by atoms with Crippen molar-refractivity contribution in [3.05, 3.63) is 23.3 Å². The Labute approximate surface area is 118 Å². The molecule has 0 aromatic rings. The minimum Gasteiger partial charge on any atom is -0.208 e. The molecule has 10 heteroatoms. The van der Waals surface area contributed by atoms with Crippen LogP contribution >= 0.6 is 0 Å². The molecule has 1 saturated carbocycles. The maximum atomic E-state index is 13.4. The van der Waals surface area contributed by atoms with Crippen LogP contribution in [-0.4, -0.2) is 12.4 Å². The quantitative estimate of drug-likeness (QED) is 0.522. The van der Waals surface area contributed by atoms with Gasteiger partial charge in [0.2, 0.25) is 11.7 Å². The highest BCUT2D eigenvalue weighted by Gasteiger charge is 2.43. The zero-order chi connectivity index (χ0) is 17.3. The maximum absolute atomic E-state index is 13.4. The Bertz CT molecular complexity index is 425. The number of alkyl halides is 6. The van der Waals surface area contributed by atoms with E-state index in [1.165, 1.54) is 0 Å². The van der Waals surface area contributed by atoms with E-state index in [9.17, 15) is 43.9 Å². The van der Waals surface area contributed by atoms with E-state index in [1.807, 2.05) is 0 Å². The summed E-state index contributed by atoms with van der Waals surface area (Å²) >= 11 is 0. The molecule has 1 fully saturated rings. The molecule has 0 aromatic carbocycles. The highest BCUT2D eigenvalue weighted by Crippen LogP contribution is 2.44. The molecule has 0 radical (unpaired) electrons. The first-order chi connectivity index (χ1) is 9.85. The number of hydrogen-bond acceptors (Lipinski definition) is 0. The number of rotatable bonds is 2. The Morgan fingerprint density at radius 3 is 1.23 bits per heavy atom. The summed E-state index contributed by atoms with van der Waals surface area (Å²) in [5.41, 5.74) is 0. The highest BCUT2D eigenvalue weighted by molar-refractivity contribution is 5.14. The molecule has 0 N–H and O–H groups in total. The fourth-order valence-electron chi connectivity index (χ4n) is 2.28. The summed E-state index contributed by atoms with van der Waals surface area (Å²) in [7, 11) is 0. The summed E-state index contributed by atoms with van der Waals surface area (Å²) in [6, 6.07) is 0. The largest absolute Gasteiger partial charge is 0.445 e. The first kappa shape index (κ1) is 18.8. The van der Waals surface area contributed by atoms with Gasteiger partial charge in [-0.05, 0) is 19.3 Å². The van der Waals surface area contributed by atoms with E-state index in [0.717, 1.165) is 0 Å². The molecule has 22 heavy (non-hydrogen) atoms. The van der Waals surface area contributed by atoms with Gasteiger partial charge in [-0.3, -0.25) is 0 Å². The molecule has 0 nitrogen and oxygen atoms in total. The lowest BCUT2D eigenvalue weighted by atomic mass is 9.79. The van der Waals surface area contributed by atoms with Gasteiger partial charge in [0.25, 0.3) is 0 Å². The van der Waals surface area contributed by atoms with E-state index < -0.39 is 53.9 Å². The van der Waals surface area contributed by atoms with Crippen LogP contribution in [0.3, 0.4) is 0 Å². The van der Waals surface area contributed by atoms with Gasteiger partial charge in [-0.15, -0.1) is 0 Å². The van der Waals surface area contributed by atoms with Crippen LogP contribution in [0.1, 0.15) is 25.7 Å². The summed E-state index contributed by atoms with van der Waals surface area (Å²) in [5, 5.41) is 0. The molecule has 0 amide bonds. The molecule has 0 heterocycles. The van der Waals surface area contributed by atoms with Gasteiger partial charge in [-0.2, -0.15) is 35.1 Å². The summed E-state index contributed by atoms with van der Waals surface area (Å²) in [6.07, 6.45) is -12.8. The minimum absolute atomic E-state index is 0.160. The summed E-state index contributed by atoms with van der Waals surface area (Å²) in [4.78, 5) is 0. The Morgan fingerprint density at radius 1 is 0.636 bits per heavy atom. The summed E-state index contributed by atoms with van der Waals surface area (Å²) in [5.74, 6) is -13.9. The highest BCUT2D eigenvalue weighted by atomic mass is 19.4.